The Morgan fingerprint density at radius 2 is 1.83 bits per heavy atom. The van der Waals surface area contributed by atoms with Gasteiger partial charge in [0, 0.05) is 17.9 Å². The number of nitrogens with one attached hydrogen (secondary N) is 2. The van der Waals surface area contributed by atoms with E-state index in [1.54, 1.807) is 30.3 Å². The number of rotatable bonds is 7. The molecule has 2 aromatic rings. The molecule has 0 aromatic heterocycles. The number of aliphatic hydroxyl groups is 1. The van der Waals surface area contributed by atoms with Crippen LogP contribution in [-0.2, 0) is 10.0 Å². The summed E-state index contributed by atoms with van der Waals surface area (Å²) in [6.07, 6.45) is -0.650. The van der Waals surface area contributed by atoms with E-state index in [4.69, 9.17) is 11.6 Å². The molecule has 0 heterocycles. The van der Waals surface area contributed by atoms with E-state index in [0.717, 1.165) is 5.56 Å². The molecule has 5 nitrogen and oxygen atoms in total. The van der Waals surface area contributed by atoms with Gasteiger partial charge in [0.2, 0.25) is 0 Å². The van der Waals surface area contributed by atoms with Gasteiger partial charge in [0.15, 0.2) is 0 Å². The van der Waals surface area contributed by atoms with Crippen LogP contribution in [0, 0.1) is 6.92 Å². The Morgan fingerprint density at radius 1 is 1.13 bits per heavy atom. The summed E-state index contributed by atoms with van der Waals surface area (Å²) in [5.41, 5.74) is 2.21. The predicted molar refractivity (Wildman–Crippen MR) is 93.6 cm³/mol. The Kier molecular flexibility index (Phi) is 5.87. The summed E-state index contributed by atoms with van der Waals surface area (Å²) in [7, 11) is -3.63. The van der Waals surface area contributed by atoms with Gasteiger partial charge in [-0.15, -0.1) is 11.6 Å². The number of benzene rings is 2. The van der Waals surface area contributed by atoms with Gasteiger partial charge < -0.3 is 10.4 Å². The molecular weight excluding hydrogens is 336 g/mol. The van der Waals surface area contributed by atoms with E-state index in [2.05, 4.69) is 10.0 Å². The number of sulfonamides is 1. The van der Waals surface area contributed by atoms with Crippen LogP contribution in [0.5, 0.6) is 0 Å². The van der Waals surface area contributed by atoms with Crippen LogP contribution in [0.2, 0.25) is 0 Å². The molecule has 0 amide bonds. The largest absolute Gasteiger partial charge is 0.390 e. The van der Waals surface area contributed by atoms with Crippen molar-refractivity contribution in [3.05, 3.63) is 54.1 Å². The first-order chi connectivity index (χ1) is 10.9. The highest BCUT2D eigenvalue weighted by molar-refractivity contribution is 7.92. The fourth-order valence-electron chi connectivity index (χ4n) is 1.96. The molecule has 2 aromatic carbocycles. The zero-order valence-corrected chi connectivity index (χ0v) is 14.2. The van der Waals surface area contributed by atoms with Gasteiger partial charge in [0.05, 0.1) is 16.9 Å². The van der Waals surface area contributed by atoms with Crippen molar-refractivity contribution in [1.29, 1.82) is 0 Å². The van der Waals surface area contributed by atoms with Crippen LogP contribution >= 0.6 is 11.6 Å². The van der Waals surface area contributed by atoms with Crippen LogP contribution in [0.15, 0.2) is 53.4 Å². The Bertz CT molecular complexity index is 748. The highest BCUT2D eigenvalue weighted by Crippen LogP contribution is 2.19. The Morgan fingerprint density at radius 3 is 2.43 bits per heavy atom. The minimum absolute atomic E-state index is 0.139. The molecule has 0 saturated carbocycles. The summed E-state index contributed by atoms with van der Waals surface area (Å²) in [6, 6.07) is 13.5. The van der Waals surface area contributed by atoms with Crippen molar-refractivity contribution in [1.82, 2.24) is 0 Å². The van der Waals surface area contributed by atoms with Crippen molar-refractivity contribution in [2.75, 3.05) is 22.5 Å². The van der Waals surface area contributed by atoms with Crippen molar-refractivity contribution in [3.63, 3.8) is 0 Å². The van der Waals surface area contributed by atoms with Gasteiger partial charge in [-0.25, -0.2) is 8.42 Å². The van der Waals surface area contributed by atoms with Crippen LogP contribution in [0.3, 0.4) is 0 Å². The standard InChI is InChI=1S/C16H19ClN2O3S/c1-12-3-2-4-14(9-12)19-23(21,22)16-7-5-13(6-8-16)18-11-15(20)10-17/h2-9,15,18-20H,10-11H2,1H3. The first kappa shape index (κ1) is 17.6. The van der Waals surface area contributed by atoms with E-state index in [-0.39, 0.29) is 10.8 Å². The number of aryl methyl sites for hydroxylation is 1. The van der Waals surface area contributed by atoms with Crippen LogP contribution in [-0.4, -0.2) is 32.1 Å². The highest BCUT2D eigenvalue weighted by atomic mass is 35.5. The third-order valence-corrected chi connectivity index (χ3v) is 4.91. The minimum atomic E-state index is -3.63. The molecule has 0 saturated heterocycles. The molecule has 1 atom stereocenters. The zero-order valence-electron chi connectivity index (χ0n) is 12.7. The summed E-state index contributed by atoms with van der Waals surface area (Å²) in [5, 5.41) is 12.4. The van der Waals surface area contributed by atoms with Gasteiger partial charge in [0.1, 0.15) is 0 Å². The quantitative estimate of drug-likeness (QED) is 0.668. The van der Waals surface area contributed by atoms with Crippen LogP contribution in [0.4, 0.5) is 11.4 Å². The maximum absolute atomic E-state index is 12.3. The zero-order chi connectivity index (χ0) is 16.9. The SMILES string of the molecule is Cc1cccc(NS(=O)(=O)c2ccc(NCC(O)CCl)cc2)c1. The fourth-order valence-corrected chi connectivity index (χ4v) is 3.12. The summed E-state index contributed by atoms with van der Waals surface area (Å²) >= 11 is 5.51. The maximum atomic E-state index is 12.3. The van der Waals surface area contributed by atoms with Gasteiger partial charge in [-0.1, -0.05) is 12.1 Å². The molecule has 0 fully saturated rings. The number of anilines is 2. The molecule has 0 aliphatic carbocycles. The average Bonchev–Trinajstić information content (AvgIpc) is 2.52. The molecule has 2 rings (SSSR count). The van der Waals surface area contributed by atoms with Crippen molar-refractivity contribution in [2.24, 2.45) is 0 Å². The van der Waals surface area contributed by atoms with Gasteiger partial charge in [-0.3, -0.25) is 4.72 Å². The van der Waals surface area contributed by atoms with Gasteiger partial charge >= 0.3 is 0 Å². The third-order valence-electron chi connectivity index (χ3n) is 3.15. The van der Waals surface area contributed by atoms with Gasteiger partial charge in [-0.05, 0) is 48.9 Å². The maximum Gasteiger partial charge on any atom is 0.261 e. The lowest BCUT2D eigenvalue weighted by molar-refractivity contribution is 0.211. The molecule has 1 unspecified atom stereocenters. The first-order valence-corrected chi connectivity index (χ1v) is 9.10. The second-order valence-corrected chi connectivity index (χ2v) is 7.18. The molecule has 0 spiro atoms. The van der Waals surface area contributed by atoms with E-state index in [1.807, 2.05) is 13.0 Å². The number of alkyl halides is 1. The van der Waals surface area contributed by atoms with E-state index in [1.165, 1.54) is 12.1 Å². The Balaban J connectivity index is 2.08. The molecule has 0 radical (unpaired) electrons. The molecule has 124 valence electrons. The monoisotopic (exact) mass is 354 g/mol. The number of halogens is 1. The average molecular weight is 355 g/mol. The molecule has 3 N–H and O–H groups in total. The topological polar surface area (TPSA) is 78.4 Å². The molecule has 0 aliphatic rings. The summed E-state index contributed by atoms with van der Waals surface area (Å²) in [5.74, 6) is 0.139. The molecule has 23 heavy (non-hydrogen) atoms. The number of aliphatic hydroxyl groups excluding tert-OH is 1. The summed E-state index contributed by atoms with van der Waals surface area (Å²) < 4.78 is 27.2. The highest BCUT2D eigenvalue weighted by Gasteiger charge is 2.14. The Hall–Kier alpha value is -1.76. The second kappa shape index (κ2) is 7.68. The lowest BCUT2D eigenvalue weighted by atomic mass is 10.2. The van der Waals surface area contributed by atoms with Crippen molar-refractivity contribution in [2.45, 2.75) is 17.9 Å². The van der Waals surface area contributed by atoms with E-state index in [0.29, 0.717) is 17.9 Å². The van der Waals surface area contributed by atoms with Crippen LogP contribution in [0.1, 0.15) is 5.56 Å². The lowest BCUT2D eigenvalue weighted by Crippen LogP contribution is -2.20. The van der Waals surface area contributed by atoms with Gasteiger partial charge in [0.25, 0.3) is 10.0 Å². The second-order valence-electron chi connectivity index (χ2n) is 5.19. The minimum Gasteiger partial charge on any atom is -0.390 e. The van der Waals surface area contributed by atoms with Crippen molar-refractivity contribution in [3.8, 4) is 0 Å². The first-order valence-electron chi connectivity index (χ1n) is 7.08. The molecule has 0 bridgehead atoms. The number of hydrogen-bond donors (Lipinski definition) is 3. The molecule has 7 heteroatoms. The Labute approximate surface area is 141 Å². The summed E-state index contributed by atoms with van der Waals surface area (Å²) in [4.78, 5) is 0.169. The third kappa shape index (κ3) is 5.13. The van der Waals surface area contributed by atoms with E-state index < -0.39 is 16.1 Å². The van der Waals surface area contributed by atoms with Crippen LogP contribution in [0.25, 0.3) is 0 Å². The van der Waals surface area contributed by atoms with Crippen molar-refractivity contribution < 1.29 is 13.5 Å². The molecule has 0 aliphatic heterocycles. The van der Waals surface area contributed by atoms with Gasteiger partial charge in [-0.2, -0.15) is 0 Å². The van der Waals surface area contributed by atoms with E-state index in [9.17, 15) is 13.5 Å². The van der Waals surface area contributed by atoms with Crippen LogP contribution < -0.4 is 10.0 Å². The normalized spacial score (nSPS) is 12.7. The predicted octanol–water partition coefficient (Wildman–Crippen LogP) is 2.81. The number of hydrogen-bond acceptors (Lipinski definition) is 4. The summed E-state index contributed by atoms with van der Waals surface area (Å²) in [6.45, 7) is 2.20. The molecular formula is C16H19ClN2O3S. The smallest absolute Gasteiger partial charge is 0.261 e. The lowest BCUT2D eigenvalue weighted by Gasteiger charge is -2.12. The fraction of sp³-hybridized carbons (Fsp3) is 0.250. The van der Waals surface area contributed by atoms with E-state index >= 15 is 0 Å². The van der Waals surface area contributed by atoms with Crippen molar-refractivity contribution >= 4 is 33.0 Å².